The average Bonchev–Trinajstić information content (AvgIpc) is 2.47. The number of benzene rings is 1. The zero-order chi connectivity index (χ0) is 15.6. The van der Waals surface area contributed by atoms with Gasteiger partial charge in [0.25, 0.3) is 0 Å². The number of carboxylic acids is 1. The maximum absolute atomic E-state index is 12.7. The molecule has 0 amide bonds. The quantitative estimate of drug-likeness (QED) is 0.910. The van der Waals surface area contributed by atoms with Crippen molar-refractivity contribution in [1.29, 1.82) is 0 Å². The van der Waals surface area contributed by atoms with Gasteiger partial charge in [0.2, 0.25) is 10.0 Å². The number of piperidine rings is 1. The van der Waals surface area contributed by atoms with Gasteiger partial charge in [-0.15, -0.1) is 0 Å². The first kappa shape index (κ1) is 15.9. The Hall–Kier alpha value is -1.44. The number of methoxy groups -OCH3 is 1. The topological polar surface area (TPSA) is 83.9 Å². The number of aryl methyl sites for hydroxylation is 1. The fourth-order valence-electron chi connectivity index (χ4n) is 2.46. The van der Waals surface area contributed by atoms with E-state index in [0.717, 1.165) is 0 Å². The number of sulfonamides is 1. The van der Waals surface area contributed by atoms with E-state index in [1.165, 1.54) is 22.5 Å². The highest BCUT2D eigenvalue weighted by atomic mass is 32.2. The molecule has 0 spiro atoms. The highest BCUT2D eigenvalue weighted by molar-refractivity contribution is 7.89. The van der Waals surface area contributed by atoms with Gasteiger partial charge in [-0.2, -0.15) is 4.31 Å². The molecule has 0 saturated carbocycles. The predicted molar refractivity (Wildman–Crippen MR) is 76.9 cm³/mol. The van der Waals surface area contributed by atoms with Crippen molar-refractivity contribution in [2.45, 2.75) is 30.8 Å². The van der Waals surface area contributed by atoms with E-state index in [2.05, 4.69) is 0 Å². The molecule has 1 heterocycles. The second-order valence-corrected chi connectivity index (χ2v) is 7.03. The van der Waals surface area contributed by atoms with Gasteiger partial charge in [0, 0.05) is 20.2 Å². The second kappa shape index (κ2) is 6.13. The second-order valence-electron chi connectivity index (χ2n) is 5.12. The molecule has 1 N–H and O–H groups in total. The van der Waals surface area contributed by atoms with Gasteiger partial charge >= 0.3 is 5.97 Å². The number of carbonyl (C=O) groups is 1. The predicted octanol–water partition coefficient (Wildman–Crippen LogP) is 1.49. The van der Waals surface area contributed by atoms with Crippen LogP contribution in [0.25, 0.3) is 0 Å². The molecule has 1 aromatic carbocycles. The summed E-state index contributed by atoms with van der Waals surface area (Å²) < 4.78 is 32.0. The standard InChI is InChI=1S/C14H19NO5S/c1-10-3-4-11(14(16)17)9-13(10)21(18,19)15-7-5-12(20-2)6-8-15/h3-4,9,12H,5-8H2,1-2H3,(H,16,17). The van der Waals surface area contributed by atoms with Crippen LogP contribution < -0.4 is 0 Å². The Labute approximate surface area is 124 Å². The Morgan fingerprint density at radius 3 is 2.48 bits per heavy atom. The number of hydrogen-bond acceptors (Lipinski definition) is 4. The van der Waals surface area contributed by atoms with Crippen molar-refractivity contribution >= 4 is 16.0 Å². The molecule has 2 rings (SSSR count). The molecule has 0 bridgehead atoms. The van der Waals surface area contributed by atoms with Crippen LogP contribution in [0.4, 0.5) is 0 Å². The number of carboxylic acid groups (broad SMARTS) is 1. The molecule has 21 heavy (non-hydrogen) atoms. The Morgan fingerprint density at radius 2 is 1.95 bits per heavy atom. The lowest BCUT2D eigenvalue weighted by atomic mass is 10.1. The Bertz CT molecular complexity index is 633. The molecule has 1 aliphatic rings. The Kier molecular flexibility index (Phi) is 4.65. The van der Waals surface area contributed by atoms with Crippen LogP contribution in [0.15, 0.2) is 23.1 Å². The summed E-state index contributed by atoms with van der Waals surface area (Å²) in [6.45, 7) is 2.44. The number of nitrogens with zero attached hydrogens (tertiary/aromatic N) is 1. The molecule has 1 aliphatic heterocycles. The summed E-state index contributed by atoms with van der Waals surface area (Å²) in [6, 6.07) is 4.17. The molecule has 0 unspecified atom stereocenters. The van der Waals surface area contributed by atoms with Crippen molar-refractivity contribution in [2.24, 2.45) is 0 Å². The summed E-state index contributed by atoms with van der Waals surface area (Å²) in [6.07, 6.45) is 1.38. The van der Waals surface area contributed by atoms with Gasteiger partial charge in [0.15, 0.2) is 0 Å². The van der Waals surface area contributed by atoms with Crippen LogP contribution in [0.1, 0.15) is 28.8 Å². The van der Waals surface area contributed by atoms with E-state index in [1.807, 2.05) is 0 Å². The smallest absolute Gasteiger partial charge is 0.335 e. The summed E-state index contributed by atoms with van der Waals surface area (Å²) in [5, 5.41) is 9.02. The van der Waals surface area contributed by atoms with Crippen molar-refractivity contribution < 1.29 is 23.1 Å². The lowest BCUT2D eigenvalue weighted by molar-refractivity contribution is 0.0604. The molecule has 116 valence electrons. The van der Waals surface area contributed by atoms with Gasteiger partial charge < -0.3 is 9.84 Å². The summed E-state index contributed by atoms with van der Waals surface area (Å²) in [5.74, 6) is -1.13. The monoisotopic (exact) mass is 313 g/mol. The third-order valence-electron chi connectivity index (χ3n) is 3.79. The largest absolute Gasteiger partial charge is 0.478 e. The molecule has 0 aromatic heterocycles. The minimum absolute atomic E-state index is 0.0223. The van der Waals surface area contributed by atoms with Gasteiger partial charge in [-0.05, 0) is 37.5 Å². The molecule has 0 atom stereocenters. The van der Waals surface area contributed by atoms with Crippen LogP contribution in [0.5, 0.6) is 0 Å². The maximum atomic E-state index is 12.7. The lowest BCUT2D eigenvalue weighted by Gasteiger charge is -2.30. The van der Waals surface area contributed by atoms with Crippen LogP contribution in [0.2, 0.25) is 0 Å². The summed E-state index contributed by atoms with van der Waals surface area (Å²) in [5.41, 5.74) is 0.528. The molecule has 0 radical (unpaired) electrons. The summed E-state index contributed by atoms with van der Waals surface area (Å²) in [7, 11) is -2.05. The van der Waals surface area contributed by atoms with Crippen molar-refractivity contribution in [3.05, 3.63) is 29.3 Å². The fraction of sp³-hybridized carbons (Fsp3) is 0.500. The Balaban J connectivity index is 2.32. The zero-order valence-corrected chi connectivity index (χ0v) is 12.9. The van der Waals surface area contributed by atoms with Crippen molar-refractivity contribution in [3.63, 3.8) is 0 Å². The number of hydrogen-bond donors (Lipinski definition) is 1. The maximum Gasteiger partial charge on any atom is 0.335 e. The average molecular weight is 313 g/mol. The van der Waals surface area contributed by atoms with Crippen molar-refractivity contribution in [1.82, 2.24) is 4.31 Å². The van der Waals surface area contributed by atoms with Gasteiger partial charge in [0.1, 0.15) is 0 Å². The number of ether oxygens (including phenoxy) is 1. The van der Waals surface area contributed by atoms with Crippen LogP contribution >= 0.6 is 0 Å². The van der Waals surface area contributed by atoms with Gasteiger partial charge in [-0.25, -0.2) is 13.2 Å². The van der Waals surface area contributed by atoms with Gasteiger partial charge in [-0.1, -0.05) is 6.07 Å². The van der Waals surface area contributed by atoms with Crippen molar-refractivity contribution in [2.75, 3.05) is 20.2 Å². The minimum atomic E-state index is -3.67. The van der Waals surface area contributed by atoms with E-state index >= 15 is 0 Å². The van der Waals surface area contributed by atoms with Gasteiger partial charge in [0.05, 0.1) is 16.6 Å². The highest BCUT2D eigenvalue weighted by Crippen LogP contribution is 2.25. The molecule has 7 heteroatoms. The van der Waals surface area contributed by atoms with Gasteiger partial charge in [-0.3, -0.25) is 0 Å². The zero-order valence-electron chi connectivity index (χ0n) is 12.1. The minimum Gasteiger partial charge on any atom is -0.478 e. The number of aromatic carboxylic acids is 1. The molecule has 0 aliphatic carbocycles. The first-order valence-electron chi connectivity index (χ1n) is 6.73. The van der Waals surface area contributed by atoms with E-state index in [-0.39, 0.29) is 16.6 Å². The van der Waals surface area contributed by atoms with Crippen LogP contribution in [-0.2, 0) is 14.8 Å². The lowest BCUT2D eigenvalue weighted by Crippen LogP contribution is -2.40. The van der Waals surface area contributed by atoms with E-state index in [1.54, 1.807) is 14.0 Å². The van der Waals surface area contributed by atoms with E-state index in [4.69, 9.17) is 9.84 Å². The van der Waals surface area contributed by atoms with E-state index in [0.29, 0.717) is 31.5 Å². The molecule has 1 aromatic rings. The highest BCUT2D eigenvalue weighted by Gasteiger charge is 2.30. The molecular formula is C14H19NO5S. The van der Waals surface area contributed by atoms with Crippen LogP contribution in [0.3, 0.4) is 0 Å². The van der Waals surface area contributed by atoms with Crippen LogP contribution in [0, 0.1) is 6.92 Å². The molecule has 6 nitrogen and oxygen atoms in total. The normalized spacial score (nSPS) is 17.8. The third-order valence-corrected chi connectivity index (χ3v) is 5.83. The Morgan fingerprint density at radius 1 is 1.33 bits per heavy atom. The third kappa shape index (κ3) is 3.25. The van der Waals surface area contributed by atoms with Crippen LogP contribution in [-0.4, -0.2) is 50.1 Å². The summed E-state index contributed by atoms with van der Waals surface area (Å²) in [4.78, 5) is 11.1. The van der Waals surface area contributed by atoms with E-state index < -0.39 is 16.0 Å². The first-order chi connectivity index (χ1) is 9.86. The number of rotatable bonds is 4. The molecular weight excluding hydrogens is 294 g/mol. The van der Waals surface area contributed by atoms with Crippen molar-refractivity contribution in [3.8, 4) is 0 Å². The molecule has 1 saturated heterocycles. The first-order valence-corrected chi connectivity index (χ1v) is 8.17. The molecule has 1 fully saturated rings. The van der Waals surface area contributed by atoms with E-state index in [9.17, 15) is 13.2 Å². The SMILES string of the molecule is COC1CCN(S(=O)(=O)c2cc(C(=O)O)ccc2C)CC1. The fourth-order valence-corrected chi connectivity index (χ4v) is 4.18. The summed E-state index contributed by atoms with van der Waals surface area (Å²) >= 11 is 0.